The van der Waals surface area contributed by atoms with Gasteiger partial charge in [0.1, 0.15) is 5.69 Å². The smallest absolute Gasteiger partial charge is 0.274 e. The molecule has 0 unspecified atom stereocenters. The Morgan fingerprint density at radius 3 is 3.08 bits per heavy atom. The van der Waals surface area contributed by atoms with Gasteiger partial charge >= 0.3 is 0 Å². The molecule has 1 aliphatic rings. The second-order valence-corrected chi connectivity index (χ2v) is 6.54. The van der Waals surface area contributed by atoms with Crippen LogP contribution < -0.4 is 5.32 Å². The summed E-state index contributed by atoms with van der Waals surface area (Å²) in [7, 11) is 0. The number of rotatable bonds is 3. The number of carbonyl (C=O) groups is 2. The highest BCUT2D eigenvalue weighted by Crippen LogP contribution is 2.15. The van der Waals surface area contributed by atoms with Crippen LogP contribution in [-0.4, -0.2) is 55.6 Å². The fourth-order valence-electron chi connectivity index (χ4n) is 3.22. The van der Waals surface area contributed by atoms with Crippen LogP contribution in [0.4, 0.5) is 0 Å². The Hall–Kier alpha value is -3.16. The maximum Gasteiger partial charge on any atom is 0.274 e. The number of hydrogen-bond donors (Lipinski definition) is 2. The van der Waals surface area contributed by atoms with Gasteiger partial charge in [0.2, 0.25) is 5.91 Å². The molecule has 1 aliphatic heterocycles. The molecule has 8 nitrogen and oxygen atoms in total. The molecule has 0 bridgehead atoms. The van der Waals surface area contributed by atoms with Crippen LogP contribution in [0.3, 0.4) is 0 Å². The minimum absolute atomic E-state index is 0.0261. The van der Waals surface area contributed by atoms with Crippen molar-refractivity contribution in [1.82, 2.24) is 30.0 Å². The van der Waals surface area contributed by atoms with Crippen LogP contribution in [0.2, 0.25) is 0 Å². The molecule has 3 aromatic rings. The molecule has 2 N–H and O–H groups in total. The Balaban J connectivity index is 1.52. The summed E-state index contributed by atoms with van der Waals surface area (Å²) in [5.41, 5.74) is 3.15. The van der Waals surface area contributed by atoms with Crippen LogP contribution >= 0.6 is 0 Å². The van der Waals surface area contributed by atoms with E-state index < -0.39 is 0 Å². The maximum absolute atomic E-state index is 12.8. The van der Waals surface area contributed by atoms with E-state index in [-0.39, 0.29) is 17.9 Å². The first-order valence-electron chi connectivity index (χ1n) is 8.63. The molecule has 2 amide bonds. The fraction of sp³-hybridized carbons (Fsp3) is 0.333. The molecular weight excluding hydrogens is 332 g/mol. The number of aromatic amines is 1. The Morgan fingerprint density at radius 2 is 2.19 bits per heavy atom. The first-order valence-corrected chi connectivity index (χ1v) is 8.63. The number of aromatic nitrogens is 4. The molecule has 1 atom stereocenters. The van der Waals surface area contributed by atoms with Gasteiger partial charge in [-0.3, -0.25) is 14.7 Å². The van der Waals surface area contributed by atoms with Crippen molar-refractivity contribution in [2.24, 2.45) is 0 Å². The largest absolute Gasteiger partial charge is 0.354 e. The van der Waals surface area contributed by atoms with Crippen LogP contribution in [0.5, 0.6) is 0 Å². The van der Waals surface area contributed by atoms with E-state index in [0.29, 0.717) is 31.7 Å². The third-order valence-corrected chi connectivity index (χ3v) is 4.69. The molecule has 0 aliphatic carbocycles. The quantitative estimate of drug-likeness (QED) is 0.739. The molecule has 1 saturated heterocycles. The summed E-state index contributed by atoms with van der Waals surface area (Å²) in [6, 6.07) is 9.60. The van der Waals surface area contributed by atoms with Crippen molar-refractivity contribution in [1.29, 1.82) is 0 Å². The number of nitrogens with one attached hydrogen (secondary N) is 2. The molecule has 26 heavy (non-hydrogen) atoms. The SMILES string of the molecule is C[C@@H]1CNC(=O)CCN1C(=O)c1cc(Cn2cnc3ccccc32)[nH]n1. The molecule has 0 spiro atoms. The molecule has 1 aromatic carbocycles. The van der Waals surface area contributed by atoms with E-state index in [4.69, 9.17) is 0 Å². The average molecular weight is 352 g/mol. The molecular formula is C18H20N6O2. The highest BCUT2D eigenvalue weighted by Gasteiger charge is 2.26. The summed E-state index contributed by atoms with van der Waals surface area (Å²) in [6.45, 7) is 3.34. The highest BCUT2D eigenvalue weighted by atomic mass is 16.2. The summed E-state index contributed by atoms with van der Waals surface area (Å²) in [5, 5.41) is 9.93. The normalized spacial score (nSPS) is 18.0. The van der Waals surface area contributed by atoms with Crippen molar-refractivity contribution in [3.05, 3.63) is 48.0 Å². The van der Waals surface area contributed by atoms with E-state index in [9.17, 15) is 9.59 Å². The van der Waals surface area contributed by atoms with Gasteiger partial charge in [0.25, 0.3) is 5.91 Å². The molecule has 4 rings (SSSR count). The summed E-state index contributed by atoms with van der Waals surface area (Å²) < 4.78 is 2.01. The third kappa shape index (κ3) is 3.05. The van der Waals surface area contributed by atoms with Crippen molar-refractivity contribution in [3.8, 4) is 0 Å². The maximum atomic E-state index is 12.8. The first-order chi connectivity index (χ1) is 12.6. The lowest BCUT2D eigenvalue weighted by molar-refractivity contribution is -0.120. The zero-order valence-electron chi connectivity index (χ0n) is 14.5. The molecule has 3 heterocycles. The van der Waals surface area contributed by atoms with Crippen LogP contribution in [0, 0.1) is 0 Å². The second-order valence-electron chi connectivity index (χ2n) is 6.54. The van der Waals surface area contributed by atoms with Crippen molar-refractivity contribution >= 4 is 22.8 Å². The monoisotopic (exact) mass is 352 g/mol. The minimum atomic E-state index is -0.160. The predicted octanol–water partition coefficient (Wildman–Crippen LogP) is 1.16. The van der Waals surface area contributed by atoms with E-state index in [1.165, 1.54) is 0 Å². The van der Waals surface area contributed by atoms with Crippen molar-refractivity contribution in [3.63, 3.8) is 0 Å². The van der Waals surface area contributed by atoms with E-state index >= 15 is 0 Å². The molecule has 2 aromatic heterocycles. The predicted molar refractivity (Wildman–Crippen MR) is 95.5 cm³/mol. The summed E-state index contributed by atoms with van der Waals surface area (Å²) >= 11 is 0. The van der Waals surface area contributed by atoms with Crippen LogP contribution in [0.1, 0.15) is 29.5 Å². The Kier molecular flexibility index (Phi) is 4.16. The van der Waals surface area contributed by atoms with Crippen LogP contribution in [0.15, 0.2) is 36.7 Å². The van der Waals surface area contributed by atoms with Crippen molar-refractivity contribution < 1.29 is 9.59 Å². The Bertz CT molecular complexity index is 959. The van der Waals surface area contributed by atoms with Gasteiger partial charge in [-0.15, -0.1) is 0 Å². The van der Waals surface area contributed by atoms with E-state index in [1.807, 2.05) is 35.8 Å². The van der Waals surface area contributed by atoms with Crippen molar-refractivity contribution in [2.45, 2.75) is 25.9 Å². The van der Waals surface area contributed by atoms with Gasteiger partial charge in [0, 0.05) is 25.6 Å². The van der Waals surface area contributed by atoms with E-state index in [1.54, 1.807) is 17.3 Å². The molecule has 0 saturated carbocycles. The van der Waals surface area contributed by atoms with Crippen LogP contribution in [0.25, 0.3) is 11.0 Å². The number of H-pyrrole nitrogens is 1. The second kappa shape index (κ2) is 6.62. The number of nitrogens with zero attached hydrogens (tertiary/aromatic N) is 4. The summed E-state index contributed by atoms with van der Waals surface area (Å²) in [5.74, 6) is -0.186. The topological polar surface area (TPSA) is 95.9 Å². The molecule has 0 radical (unpaired) electrons. The van der Waals surface area contributed by atoms with Gasteiger partial charge in [-0.05, 0) is 25.1 Å². The molecule has 8 heteroatoms. The van der Waals surface area contributed by atoms with Gasteiger partial charge in [0.05, 0.1) is 29.6 Å². The van der Waals surface area contributed by atoms with Crippen LogP contribution in [-0.2, 0) is 11.3 Å². The lowest BCUT2D eigenvalue weighted by atomic mass is 10.2. The zero-order valence-corrected chi connectivity index (χ0v) is 14.5. The van der Waals surface area contributed by atoms with Crippen molar-refractivity contribution in [2.75, 3.05) is 13.1 Å². The number of hydrogen-bond acceptors (Lipinski definition) is 4. The number of para-hydroxylation sites is 2. The lowest BCUT2D eigenvalue weighted by Gasteiger charge is -2.25. The van der Waals surface area contributed by atoms with Gasteiger partial charge in [-0.25, -0.2) is 4.98 Å². The van der Waals surface area contributed by atoms with E-state index in [2.05, 4.69) is 20.5 Å². The highest BCUT2D eigenvalue weighted by molar-refractivity contribution is 5.93. The summed E-state index contributed by atoms with van der Waals surface area (Å²) in [4.78, 5) is 30.4. The Morgan fingerprint density at radius 1 is 1.35 bits per heavy atom. The summed E-state index contributed by atoms with van der Waals surface area (Å²) in [6.07, 6.45) is 2.09. The van der Waals surface area contributed by atoms with Gasteiger partial charge in [-0.2, -0.15) is 5.10 Å². The minimum Gasteiger partial charge on any atom is -0.354 e. The van der Waals surface area contributed by atoms with Gasteiger partial charge < -0.3 is 14.8 Å². The number of imidazole rings is 1. The molecule has 1 fully saturated rings. The van der Waals surface area contributed by atoms with E-state index in [0.717, 1.165) is 16.7 Å². The Labute approximate surface area is 150 Å². The fourth-order valence-corrected chi connectivity index (χ4v) is 3.22. The number of benzene rings is 1. The standard InChI is InChI=1S/C18H20N6O2/c1-12-9-19-17(25)6-7-24(12)18(26)15-8-13(21-22-15)10-23-11-20-14-4-2-3-5-16(14)23/h2-5,8,11-12H,6-7,9-10H2,1H3,(H,19,25)(H,21,22)/t12-/m1/s1. The van der Waals surface area contributed by atoms with Gasteiger partial charge in [-0.1, -0.05) is 12.1 Å². The lowest BCUT2D eigenvalue weighted by Crippen LogP contribution is -2.42. The first kappa shape index (κ1) is 16.3. The zero-order chi connectivity index (χ0) is 18.1. The molecule has 134 valence electrons. The number of carbonyl (C=O) groups excluding carboxylic acids is 2. The van der Waals surface area contributed by atoms with Gasteiger partial charge in [0.15, 0.2) is 0 Å². The average Bonchev–Trinajstić information content (AvgIpc) is 3.24. The number of fused-ring (bicyclic) bond motifs is 1. The third-order valence-electron chi connectivity index (χ3n) is 4.69. The number of amides is 2.